The lowest BCUT2D eigenvalue weighted by atomic mass is 9.90. The van der Waals surface area contributed by atoms with Crippen LogP contribution in [0.25, 0.3) is 11.1 Å². The van der Waals surface area contributed by atoms with E-state index in [2.05, 4.69) is 0 Å². The maximum absolute atomic E-state index is 15.5. The summed E-state index contributed by atoms with van der Waals surface area (Å²) in [5.41, 5.74) is 6.28. The molecule has 1 fully saturated rings. The van der Waals surface area contributed by atoms with Crippen molar-refractivity contribution in [1.82, 2.24) is 0 Å². The minimum absolute atomic E-state index is 0.0550. The molecule has 0 aromatic heterocycles. The Bertz CT molecular complexity index is 1440. The van der Waals surface area contributed by atoms with Crippen LogP contribution in [0.2, 0.25) is 5.02 Å². The Kier molecular flexibility index (Phi) is 7.36. The summed E-state index contributed by atoms with van der Waals surface area (Å²) in [5, 5.41) is 0.392. The van der Waals surface area contributed by atoms with Crippen molar-refractivity contribution in [1.29, 1.82) is 0 Å². The maximum Gasteiger partial charge on any atom is 0.306 e. The summed E-state index contributed by atoms with van der Waals surface area (Å²) < 4.78 is 44.0. The number of hydrogen-bond donors (Lipinski definition) is 0. The molecule has 3 aromatic carbocycles. The number of ether oxygens (including phenoxy) is 5. The van der Waals surface area contributed by atoms with Crippen molar-refractivity contribution < 1.29 is 32.9 Å². The number of rotatable bonds is 7. The third kappa shape index (κ3) is 5.01. The zero-order chi connectivity index (χ0) is 28.0. The Morgan fingerprint density at radius 3 is 2.55 bits per heavy atom. The van der Waals surface area contributed by atoms with Crippen molar-refractivity contribution in [2.75, 3.05) is 26.9 Å². The van der Waals surface area contributed by atoms with E-state index >= 15 is 4.39 Å². The fraction of sp³-hybridized carbons (Fsp3) is 0.406. The summed E-state index contributed by atoms with van der Waals surface area (Å²) >= 11 is 6.72. The highest BCUT2D eigenvalue weighted by atomic mass is 35.5. The van der Waals surface area contributed by atoms with Crippen LogP contribution in [0.15, 0.2) is 36.4 Å². The molecule has 40 heavy (non-hydrogen) atoms. The van der Waals surface area contributed by atoms with Crippen LogP contribution in [-0.4, -0.2) is 39.0 Å². The van der Waals surface area contributed by atoms with Crippen molar-refractivity contribution in [3.05, 3.63) is 75.1 Å². The molecule has 0 N–H and O–H groups in total. The van der Waals surface area contributed by atoms with Crippen molar-refractivity contribution in [3.63, 3.8) is 0 Å². The topological polar surface area (TPSA) is 63.2 Å². The van der Waals surface area contributed by atoms with Gasteiger partial charge in [-0.2, -0.15) is 0 Å². The first-order chi connectivity index (χ1) is 19.3. The molecule has 0 amide bonds. The Morgan fingerprint density at radius 1 is 1.02 bits per heavy atom. The lowest BCUT2D eigenvalue weighted by Gasteiger charge is -2.21. The van der Waals surface area contributed by atoms with Gasteiger partial charge < -0.3 is 23.7 Å². The molecule has 8 heteroatoms. The highest BCUT2D eigenvalue weighted by molar-refractivity contribution is 6.33. The van der Waals surface area contributed by atoms with E-state index in [1.165, 1.54) is 13.2 Å². The number of aryl methyl sites for hydroxylation is 2. The van der Waals surface area contributed by atoms with Crippen molar-refractivity contribution in [3.8, 4) is 28.4 Å². The van der Waals surface area contributed by atoms with Gasteiger partial charge in [-0.1, -0.05) is 17.7 Å². The van der Waals surface area contributed by atoms with Gasteiger partial charge in [-0.3, -0.25) is 4.79 Å². The molecular formula is C32H32ClFO6. The molecule has 0 radical (unpaired) electrons. The molecule has 3 atom stereocenters. The Morgan fingerprint density at radius 2 is 1.82 bits per heavy atom. The van der Waals surface area contributed by atoms with Gasteiger partial charge in [-0.25, -0.2) is 4.39 Å². The lowest BCUT2D eigenvalue weighted by Crippen LogP contribution is -2.16. The van der Waals surface area contributed by atoms with Crippen molar-refractivity contribution in [2.24, 2.45) is 0 Å². The van der Waals surface area contributed by atoms with E-state index in [9.17, 15) is 4.79 Å². The summed E-state index contributed by atoms with van der Waals surface area (Å²) in [6.07, 6.45) is 2.01. The van der Waals surface area contributed by atoms with Gasteiger partial charge in [0.2, 0.25) is 0 Å². The molecule has 3 aliphatic rings. The standard InChI is InChI=1S/C32H32ClFO6/c1-17-10-22(39-21-8-9-37-16-21)11-18(2)30(17)31-24-6-7-27(32(24)26(34)14-25(31)33)40-20-4-5-23-19(12-29(35)36-3)15-38-28(23)13-20/h4-5,10-11,13-14,19,21,27H,6-9,12,15-16H2,1-3H3/t19?,21?,27-/m1/s1. The van der Waals surface area contributed by atoms with E-state index in [4.69, 9.17) is 35.3 Å². The van der Waals surface area contributed by atoms with Gasteiger partial charge in [0, 0.05) is 35.1 Å². The van der Waals surface area contributed by atoms with Gasteiger partial charge >= 0.3 is 5.97 Å². The highest BCUT2D eigenvalue weighted by Crippen LogP contribution is 2.48. The molecule has 0 bridgehead atoms. The fourth-order valence-electron chi connectivity index (χ4n) is 6.23. The molecule has 6 rings (SSSR count). The minimum Gasteiger partial charge on any atom is -0.492 e. The van der Waals surface area contributed by atoms with E-state index in [0.717, 1.165) is 52.2 Å². The number of fused-ring (bicyclic) bond motifs is 2. The third-order valence-electron chi connectivity index (χ3n) is 8.09. The van der Waals surface area contributed by atoms with E-state index in [1.807, 2.05) is 44.2 Å². The SMILES string of the molecule is COC(=O)CC1COc2cc(O[C@@H]3CCc4c(-c5c(C)cc(OC6CCOC6)cc5C)c(Cl)cc(F)c43)ccc21. The van der Waals surface area contributed by atoms with E-state index < -0.39 is 6.10 Å². The molecule has 2 unspecified atom stereocenters. The minimum atomic E-state index is -0.457. The number of halogens is 2. The normalized spacial score (nSPS) is 21.1. The molecule has 210 valence electrons. The molecule has 2 heterocycles. The fourth-order valence-corrected chi connectivity index (χ4v) is 6.54. The number of methoxy groups -OCH3 is 1. The summed E-state index contributed by atoms with van der Waals surface area (Å²) in [4.78, 5) is 11.7. The summed E-state index contributed by atoms with van der Waals surface area (Å²) in [6, 6.07) is 11.0. The largest absolute Gasteiger partial charge is 0.492 e. The Balaban J connectivity index is 1.28. The van der Waals surface area contributed by atoms with Crippen LogP contribution in [0.3, 0.4) is 0 Å². The van der Waals surface area contributed by atoms with Crippen LogP contribution >= 0.6 is 11.6 Å². The van der Waals surface area contributed by atoms with Crippen LogP contribution in [0.1, 0.15) is 59.1 Å². The predicted octanol–water partition coefficient (Wildman–Crippen LogP) is 7.04. The van der Waals surface area contributed by atoms with Gasteiger partial charge in [0.1, 0.15) is 35.3 Å². The number of carbonyl (C=O) groups excluding carboxylic acids is 1. The van der Waals surface area contributed by atoms with Crippen LogP contribution in [-0.2, 0) is 20.7 Å². The lowest BCUT2D eigenvalue weighted by molar-refractivity contribution is -0.141. The molecule has 3 aromatic rings. The molecule has 1 saturated heterocycles. The zero-order valence-electron chi connectivity index (χ0n) is 22.9. The number of carbonyl (C=O) groups is 1. The first-order valence-electron chi connectivity index (χ1n) is 13.7. The van der Waals surface area contributed by atoms with E-state index in [0.29, 0.717) is 48.1 Å². The van der Waals surface area contributed by atoms with E-state index in [1.54, 1.807) is 0 Å². The van der Waals surface area contributed by atoms with Crippen LogP contribution in [0.4, 0.5) is 4.39 Å². The van der Waals surface area contributed by atoms with Gasteiger partial charge in [-0.05, 0) is 73.2 Å². The smallest absolute Gasteiger partial charge is 0.306 e. The molecule has 1 aliphatic carbocycles. The van der Waals surface area contributed by atoms with Gasteiger partial charge in [0.05, 0.1) is 38.4 Å². The van der Waals surface area contributed by atoms with Crippen LogP contribution in [0.5, 0.6) is 17.2 Å². The van der Waals surface area contributed by atoms with E-state index in [-0.39, 0.29) is 30.2 Å². The first kappa shape index (κ1) is 26.9. The molecular weight excluding hydrogens is 535 g/mol. The second kappa shape index (κ2) is 10.9. The summed E-state index contributed by atoms with van der Waals surface area (Å²) in [6.45, 7) is 5.80. The van der Waals surface area contributed by atoms with Gasteiger partial charge in [-0.15, -0.1) is 0 Å². The Hall–Kier alpha value is -3.29. The molecule has 0 saturated carbocycles. The maximum atomic E-state index is 15.5. The summed E-state index contributed by atoms with van der Waals surface area (Å²) in [5.74, 6) is 1.39. The first-order valence-corrected chi connectivity index (χ1v) is 14.1. The second-order valence-corrected chi connectivity index (χ2v) is 11.2. The Labute approximate surface area is 238 Å². The number of benzene rings is 3. The molecule has 2 aliphatic heterocycles. The second-order valence-electron chi connectivity index (χ2n) is 10.8. The highest BCUT2D eigenvalue weighted by Gasteiger charge is 2.34. The van der Waals surface area contributed by atoms with Gasteiger partial charge in [0.15, 0.2) is 0 Å². The summed E-state index contributed by atoms with van der Waals surface area (Å²) in [7, 11) is 1.38. The van der Waals surface area contributed by atoms with Crippen molar-refractivity contribution >= 4 is 17.6 Å². The van der Waals surface area contributed by atoms with Crippen LogP contribution < -0.4 is 14.2 Å². The monoisotopic (exact) mass is 566 g/mol. The quantitative estimate of drug-likeness (QED) is 0.286. The number of hydrogen-bond acceptors (Lipinski definition) is 6. The predicted molar refractivity (Wildman–Crippen MR) is 149 cm³/mol. The zero-order valence-corrected chi connectivity index (χ0v) is 23.6. The third-order valence-corrected chi connectivity index (χ3v) is 8.38. The van der Waals surface area contributed by atoms with Crippen LogP contribution in [0, 0.1) is 19.7 Å². The average molecular weight is 567 g/mol. The average Bonchev–Trinajstić information content (AvgIpc) is 3.66. The molecule has 0 spiro atoms. The van der Waals surface area contributed by atoms with Gasteiger partial charge in [0.25, 0.3) is 0 Å². The number of esters is 1. The molecule has 6 nitrogen and oxygen atoms in total. The van der Waals surface area contributed by atoms with Crippen molar-refractivity contribution in [2.45, 2.75) is 57.7 Å².